The number of fused-ring (bicyclic) bond motifs is 9. The van der Waals surface area contributed by atoms with Crippen molar-refractivity contribution in [2.75, 3.05) is 0 Å². The van der Waals surface area contributed by atoms with Crippen molar-refractivity contribution in [2.24, 2.45) is 0 Å². The number of para-hydroxylation sites is 1. The van der Waals surface area contributed by atoms with Crippen molar-refractivity contribution in [3.8, 4) is 61.7 Å². The Labute approximate surface area is 376 Å². The topological polar surface area (TPSA) is 30.7 Å². The van der Waals surface area contributed by atoms with Crippen LogP contribution in [0.5, 0.6) is 0 Å². The molecule has 2 aromatic heterocycles. The van der Waals surface area contributed by atoms with Crippen molar-refractivity contribution in [3.63, 3.8) is 0 Å². The van der Waals surface area contributed by atoms with Crippen LogP contribution in [0.15, 0.2) is 237 Å². The van der Waals surface area contributed by atoms with Gasteiger partial charge in [-0.3, -0.25) is 0 Å². The molecule has 0 aliphatic carbocycles. The van der Waals surface area contributed by atoms with E-state index in [1.807, 2.05) is 0 Å². The second-order valence-electron chi connectivity index (χ2n) is 16.9. The van der Waals surface area contributed by atoms with Crippen LogP contribution >= 0.6 is 0 Å². The first-order chi connectivity index (χ1) is 32.2. The fourth-order valence-corrected chi connectivity index (χ4v) is 10.1. The van der Waals surface area contributed by atoms with Crippen LogP contribution in [0.4, 0.5) is 0 Å². The van der Waals surface area contributed by atoms with E-state index in [0.29, 0.717) is 5.82 Å². The summed E-state index contributed by atoms with van der Waals surface area (Å²) in [5.74, 6) is 0.704. The second-order valence-corrected chi connectivity index (χ2v) is 16.9. The van der Waals surface area contributed by atoms with Crippen LogP contribution in [-0.2, 0) is 0 Å². The van der Waals surface area contributed by atoms with Gasteiger partial charge in [0.05, 0.1) is 27.9 Å². The van der Waals surface area contributed by atoms with Crippen molar-refractivity contribution in [1.29, 1.82) is 0 Å². The van der Waals surface area contributed by atoms with Gasteiger partial charge in [0.15, 0.2) is 5.82 Å². The van der Waals surface area contributed by atoms with Crippen LogP contribution in [0.2, 0.25) is 0 Å². The van der Waals surface area contributed by atoms with Gasteiger partial charge >= 0.3 is 0 Å². The lowest BCUT2D eigenvalue weighted by Gasteiger charge is -2.16. The molecule has 0 unspecified atom stereocenters. The Bertz CT molecular complexity index is 3960. The smallest absolute Gasteiger partial charge is 0.161 e. The van der Waals surface area contributed by atoms with Gasteiger partial charge < -0.3 is 4.57 Å². The van der Waals surface area contributed by atoms with E-state index in [9.17, 15) is 0 Å². The fourth-order valence-electron chi connectivity index (χ4n) is 10.1. The molecular formula is C62H39N3. The summed E-state index contributed by atoms with van der Waals surface area (Å²) in [5, 5.41) is 10.7. The lowest BCUT2D eigenvalue weighted by atomic mass is 9.97. The van der Waals surface area contributed by atoms with Crippen molar-refractivity contribution in [1.82, 2.24) is 14.5 Å². The summed E-state index contributed by atoms with van der Waals surface area (Å²) in [6.07, 6.45) is 0. The van der Waals surface area contributed by atoms with Crippen molar-refractivity contribution in [3.05, 3.63) is 237 Å². The van der Waals surface area contributed by atoms with Crippen LogP contribution < -0.4 is 0 Å². The summed E-state index contributed by atoms with van der Waals surface area (Å²) in [6.45, 7) is 0. The molecule has 0 fully saturated rings. The molecule has 302 valence electrons. The lowest BCUT2D eigenvalue weighted by Crippen LogP contribution is -1.99. The maximum absolute atomic E-state index is 5.41. The Hall–Kier alpha value is -8.66. The van der Waals surface area contributed by atoms with Gasteiger partial charge in [-0.15, -0.1) is 0 Å². The lowest BCUT2D eigenvalue weighted by molar-refractivity contribution is 1.19. The molecule has 0 aliphatic heterocycles. The average molecular weight is 826 g/mol. The van der Waals surface area contributed by atoms with E-state index in [1.54, 1.807) is 0 Å². The molecule has 0 saturated carbocycles. The summed E-state index contributed by atoms with van der Waals surface area (Å²) in [4.78, 5) is 10.7. The maximum Gasteiger partial charge on any atom is 0.161 e. The van der Waals surface area contributed by atoms with E-state index in [-0.39, 0.29) is 0 Å². The summed E-state index contributed by atoms with van der Waals surface area (Å²) >= 11 is 0. The molecule has 65 heavy (non-hydrogen) atoms. The Morgan fingerprint density at radius 1 is 0.292 bits per heavy atom. The Balaban J connectivity index is 0.960. The highest BCUT2D eigenvalue weighted by molar-refractivity contribution is 6.29. The van der Waals surface area contributed by atoms with Gasteiger partial charge in [-0.2, -0.15) is 0 Å². The number of hydrogen-bond acceptors (Lipinski definition) is 2. The van der Waals surface area contributed by atoms with Crippen LogP contribution in [0, 0.1) is 0 Å². The van der Waals surface area contributed by atoms with Gasteiger partial charge in [-0.25, -0.2) is 9.97 Å². The van der Waals surface area contributed by atoms with Crippen LogP contribution in [-0.4, -0.2) is 14.5 Å². The number of benzene rings is 11. The fraction of sp³-hybridized carbons (Fsp3) is 0. The SMILES string of the molecule is c1ccc(-c2ccc(-c3ccc(-c4nc(-c5ccc(-n6c7ccc8ccccc8c7c7c8ccc(-c9ccccc9)cc8ccc76)c6ccccc56)nc5ccccc45)cc3)cc2)cc1. The molecular weight excluding hydrogens is 787 g/mol. The molecule has 0 radical (unpaired) electrons. The molecule has 3 heteroatoms. The maximum atomic E-state index is 5.41. The predicted octanol–water partition coefficient (Wildman–Crippen LogP) is 16.5. The van der Waals surface area contributed by atoms with Crippen molar-refractivity contribution < 1.29 is 0 Å². The number of nitrogens with zero attached hydrogens (tertiary/aromatic N) is 3. The molecule has 0 amide bonds. The molecule has 3 nitrogen and oxygen atoms in total. The zero-order valence-electron chi connectivity index (χ0n) is 35.4. The summed E-state index contributed by atoms with van der Waals surface area (Å²) in [5.41, 5.74) is 14.6. The second kappa shape index (κ2) is 15.0. The molecule has 0 aliphatic rings. The third-order valence-corrected chi connectivity index (χ3v) is 13.2. The third kappa shape index (κ3) is 6.12. The van der Waals surface area contributed by atoms with Gasteiger partial charge in [0.2, 0.25) is 0 Å². The first-order valence-electron chi connectivity index (χ1n) is 22.2. The van der Waals surface area contributed by atoms with E-state index in [2.05, 4.69) is 241 Å². The first-order valence-corrected chi connectivity index (χ1v) is 22.2. The molecule has 13 rings (SSSR count). The summed E-state index contributed by atoms with van der Waals surface area (Å²) in [7, 11) is 0. The summed E-state index contributed by atoms with van der Waals surface area (Å²) in [6, 6.07) is 85.2. The standard InChI is InChI=1S/C62H39N3/c1-3-13-40(14-4-1)42-23-25-43(26-24-42)44-27-29-46(30-28-44)61-54-21-11-12-22-55(54)63-62(64-61)53-35-38-56(52-20-10-9-19-51(52)53)65-57-36-32-45-17-7-8-18-49(45)59(57)60-50-34-31-47(41-15-5-2-6-16-41)39-48(50)33-37-58(60)65/h1-39H. The number of hydrogen-bond donors (Lipinski definition) is 0. The van der Waals surface area contributed by atoms with Gasteiger partial charge in [0, 0.05) is 32.7 Å². The number of aromatic nitrogens is 3. The molecule has 0 N–H and O–H groups in total. The molecule has 0 saturated heterocycles. The van der Waals surface area contributed by atoms with Crippen LogP contribution in [0.3, 0.4) is 0 Å². The van der Waals surface area contributed by atoms with Gasteiger partial charge in [-0.1, -0.05) is 200 Å². The Morgan fingerprint density at radius 3 is 1.46 bits per heavy atom. The molecule has 0 spiro atoms. The molecule has 2 heterocycles. The van der Waals surface area contributed by atoms with Gasteiger partial charge in [0.1, 0.15) is 0 Å². The van der Waals surface area contributed by atoms with Crippen molar-refractivity contribution in [2.45, 2.75) is 0 Å². The van der Waals surface area contributed by atoms with E-state index >= 15 is 0 Å². The normalized spacial score (nSPS) is 11.7. The minimum Gasteiger partial charge on any atom is -0.309 e. The predicted molar refractivity (Wildman–Crippen MR) is 274 cm³/mol. The van der Waals surface area contributed by atoms with Gasteiger partial charge in [0.25, 0.3) is 0 Å². The highest BCUT2D eigenvalue weighted by atomic mass is 15.0. The minimum atomic E-state index is 0.704. The Kier molecular flexibility index (Phi) is 8.53. The zero-order chi connectivity index (χ0) is 42.8. The average Bonchev–Trinajstić information content (AvgIpc) is 3.73. The van der Waals surface area contributed by atoms with Crippen LogP contribution in [0.25, 0.3) is 127 Å². The molecule has 13 aromatic rings. The van der Waals surface area contributed by atoms with Gasteiger partial charge in [-0.05, 0) is 96.7 Å². The van der Waals surface area contributed by atoms with E-state index in [4.69, 9.17) is 9.97 Å². The summed E-state index contributed by atoms with van der Waals surface area (Å²) < 4.78 is 2.47. The monoisotopic (exact) mass is 825 g/mol. The van der Waals surface area contributed by atoms with Crippen molar-refractivity contribution >= 4 is 65.0 Å². The van der Waals surface area contributed by atoms with E-state index in [0.717, 1.165) is 49.7 Å². The molecule has 0 bridgehead atoms. The largest absolute Gasteiger partial charge is 0.309 e. The third-order valence-electron chi connectivity index (χ3n) is 13.2. The van der Waals surface area contributed by atoms with E-state index < -0.39 is 0 Å². The molecule has 0 atom stereocenters. The highest BCUT2D eigenvalue weighted by Crippen LogP contribution is 2.44. The highest BCUT2D eigenvalue weighted by Gasteiger charge is 2.21. The Morgan fingerprint density at radius 2 is 0.785 bits per heavy atom. The zero-order valence-corrected chi connectivity index (χ0v) is 35.4. The first kappa shape index (κ1) is 36.9. The molecule has 11 aromatic carbocycles. The quantitative estimate of drug-likeness (QED) is 0.167. The van der Waals surface area contributed by atoms with E-state index in [1.165, 1.54) is 71.2 Å². The van der Waals surface area contributed by atoms with Crippen LogP contribution in [0.1, 0.15) is 0 Å². The number of rotatable bonds is 6. The minimum absolute atomic E-state index is 0.704.